The van der Waals surface area contributed by atoms with E-state index < -0.39 is 5.97 Å². The first-order valence-corrected chi connectivity index (χ1v) is 6.62. The Morgan fingerprint density at radius 2 is 2.05 bits per heavy atom. The molecule has 1 fully saturated rings. The zero-order valence-electron chi connectivity index (χ0n) is 11.8. The van der Waals surface area contributed by atoms with Crippen molar-refractivity contribution >= 4 is 23.6 Å². The number of anilines is 1. The maximum absolute atomic E-state index is 11.8. The summed E-state index contributed by atoms with van der Waals surface area (Å²) in [6.45, 7) is 3.48. The first-order chi connectivity index (χ1) is 9.97. The molecule has 21 heavy (non-hydrogen) atoms. The number of aliphatic carboxylic acids is 1. The van der Waals surface area contributed by atoms with Gasteiger partial charge in [0.2, 0.25) is 5.91 Å². The fourth-order valence-corrected chi connectivity index (χ4v) is 1.86. The van der Waals surface area contributed by atoms with Gasteiger partial charge in [-0.15, -0.1) is 0 Å². The minimum absolute atomic E-state index is 0.0127. The van der Waals surface area contributed by atoms with Crippen LogP contribution in [-0.2, 0) is 14.3 Å². The summed E-state index contributed by atoms with van der Waals surface area (Å²) in [5.41, 5.74) is 1.15. The lowest BCUT2D eigenvalue weighted by molar-refractivity contribution is -0.131. The summed E-state index contributed by atoms with van der Waals surface area (Å²) < 4.78 is 5.54. The molecule has 1 aromatic carbocycles. The molecule has 0 radical (unpaired) electrons. The van der Waals surface area contributed by atoms with Gasteiger partial charge in [-0.3, -0.25) is 4.79 Å². The van der Waals surface area contributed by atoms with Gasteiger partial charge in [0.1, 0.15) is 6.61 Å². The minimum atomic E-state index is -0.997. The molecule has 1 aliphatic heterocycles. The van der Waals surface area contributed by atoms with E-state index in [1.807, 2.05) is 6.92 Å². The Morgan fingerprint density at radius 3 is 2.57 bits per heavy atom. The largest absolute Gasteiger partial charge is 0.478 e. The summed E-state index contributed by atoms with van der Waals surface area (Å²) in [4.78, 5) is 22.2. The third-order valence-corrected chi connectivity index (χ3v) is 3.16. The molecule has 0 atom stereocenters. The van der Waals surface area contributed by atoms with Crippen LogP contribution in [0, 0.1) is 0 Å². The van der Waals surface area contributed by atoms with Gasteiger partial charge in [0.25, 0.3) is 0 Å². The minimum Gasteiger partial charge on any atom is -0.478 e. The van der Waals surface area contributed by atoms with E-state index in [2.05, 4.69) is 10.6 Å². The number of carboxylic acid groups (broad SMARTS) is 1. The summed E-state index contributed by atoms with van der Waals surface area (Å²) >= 11 is 0. The van der Waals surface area contributed by atoms with E-state index in [1.54, 1.807) is 24.3 Å². The van der Waals surface area contributed by atoms with E-state index in [0.717, 1.165) is 24.7 Å². The van der Waals surface area contributed by atoms with Crippen molar-refractivity contribution in [3.63, 3.8) is 0 Å². The predicted molar refractivity (Wildman–Crippen MR) is 79.0 cm³/mol. The van der Waals surface area contributed by atoms with Gasteiger partial charge in [-0.25, -0.2) is 4.79 Å². The zero-order valence-corrected chi connectivity index (χ0v) is 11.8. The molecule has 0 unspecified atom stereocenters. The van der Waals surface area contributed by atoms with Crippen molar-refractivity contribution < 1.29 is 19.4 Å². The summed E-state index contributed by atoms with van der Waals surface area (Å²) in [6.07, 6.45) is 2.55. The van der Waals surface area contributed by atoms with Crippen LogP contribution >= 0.6 is 0 Å². The van der Waals surface area contributed by atoms with Crippen LogP contribution in [-0.4, -0.2) is 42.3 Å². The summed E-state index contributed by atoms with van der Waals surface area (Å²) in [5.74, 6) is -1.21. The average molecular weight is 290 g/mol. The van der Waals surface area contributed by atoms with Gasteiger partial charge in [-0.1, -0.05) is 12.1 Å². The lowest BCUT2D eigenvalue weighted by atomic mass is 10.0. The Labute approximate surface area is 122 Å². The molecular weight excluding hydrogens is 272 g/mol. The van der Waals surface area contributed by atoms with Crippen LogP contribution < -0.4 is 10.6 Å². The standard InChI is InChI=1S/C15H18N2O4/c1-15(9-16-10-15)21-8-13(18)17-12-5-2-11(3-6-12)4-7-14(19)20/h2-7,16H,8-10H2,1H3,(H,17,18)(H,19,20)/b7-4+. The van der Waals surface area contributed by atoms with Crippen molar-refractivity contribution in [1.29, 1.82) is 0 Å². The molecule has 0 aliphatic carbocycles. The molecule has 0 saturated carbocycles. The van der Waals surface area contributed by atoms with Crippen LogP contribution in [0.25, 0.3) is 6.08 Å². The van der Waals surface area contributed by atoms with Crippen LogP contribution in [0.5, 0.6) is 0 Å². The molecule has 0 aromatic heterocycles. The molecule has 1 saturated heterocycles. The SMILES string of the molecule is CC1(OCC(=O)Nc2ccc(/C=C/C(=O)O)cc2)CNC1. The van der Waals surface area contributed by atoms with Crippen LogP contribution in [0.3, 0.4) is 0 Å². The number of carbonyl (C=O) groups excluding carboxylic acids is 1. The van der Waals surface area contributed by atoms with Gasteiger partial charge in [-0.05, 0) is 30.7 Å². The first-order valence-electron chi connectivity index (χ1n) is 6.62. The fraction of sp³-hybridized carbons (Fsp3) is 0.333. The molecule has 6 nitrogen and oxygen atoms in total. The molecular formula is C15H18N2O4. The molecule has 1 aliphatic rings. The topological polar surface area (TPSA) is 87.7 Å². The Hall–Kier alpha value is -2.18. The highest BCUT2D eigenvalue weighted by atomic mass is 16.5. The van der Waals surface area contributed by atoms with Gasteiger partial charge in [0.05, 0.1) is 5.60 Å². The Kier molecular flexibility index (Phi) is 4.72. The van der Waals surface area contributed by atoms with Gasteiger partial charge >= 0.3 is 5.97 Å². The monoisotopic (exact) mass is 290 g/mol. The lowest BCUT2D eigenvalue weighted by Crippen LogP contribution is -2.59. The molecule has 1 amide bonds. The maximum Gasteiger partial charge on any atom is 0.328 e. The maximum atomic E-state index is 11.8. The van der Waals surface area contributed by atoms with Gasteiger partial charge in [0, 0.05) is 24.9 Å². The zero-order chi connectivity index (χ0) is 15.3. The lowest BCUT2D eigenvalue weighted by Gasteiger charge is -2.38. The third-order valence-electron chi connectivity index (χ3n) is 3.16. The number of carbonyl (C=O) groups is 2. The average Bonchev–Trinajstić information content (AvgIpc) is 2.42. The molecule has 1 aromatic rings. The number of rotatable bonds is 6. The third kappa shape index (κ3) is 4.70. The van der Waals surface area contributed by atoms with Crippen LogP contribution in [0.4, 0.5) is 5.69 Å². The van der Waals surface area contributed by atoms with Crippen LogP contribution in [0.1, 0.15) is 12.5 Å². The number of hydrogen-bond acceptors (Lipinski definition) is 4. The highest BCUT2D eigenvalue weighted by Gasteiger charge is 2.32. The predicted octanol–water partition coefficient (Wildman–Crippen LogP) is 1.10. The second-order valence-electron chi connectivity index (χ2n) is 5.18. The number of ether oxygens (including phenoxy) is 1. The second-order valence-corrected chi connectivity index (χ2v) is 5.18. The van der Waals surface area contributed by atoms with Crippen molar-refractivity contribution in [3.05, 3.63) is 35.9 Å². The summed E-state index contributed by atoms with van der Waals surface area (Å²) in [6, 6.07) is 6.89. The molecule has 6 heteroatoms. The molecule has 3 N–H and O–H groups in total. The van der Waals surface area contributed by atoms with E-state index >= 15 is 0 Å². The molecule has 0 spiro atoms. The van der Waals surface area contributed by atoms with Gasteiger partial charge < -0.3 is 20.5 Å². The second kappa shape index (κ2) is 6.51. The Balaban J connectivity index is 1.82. The molecule has 112 valence electrons. The smallest absolute Gasteiger partial charge is 0.328 e. The van der Waals surface area contributed by atoms with Gasteiger partial charge in [0.15, 0.2) is 0 Å². The number of nitrogens with one attached hydrogen (secondary N) is 2. The molecule has 0 bridgehead atoms. The van der Waals surface area contributed by atoms with E-state index in [9.17, 15) is 9.59 Å². The van der Waals surface area contributed by atoms with E-state index in [4.69, 9.17) is 9.84 Å². The fourth-order valence-electron chi connectivity index (χ4n) is 1.86. The van der Waals surface area contributed by atoms with Crippen LogP contribution in [0.2, 0.25) is 0 Å². The Bertz CT molecular complexity index is 547. The number of hydrogen-bond donors (Lipinski definition) is 3. The van der Waals surface area contributed by atoms with Crippen molar-refractivity contribution in [2.45, 2.75) is 12.5 Å². The normalized spacial score (nSPS) is 16.4. The highest BCUT2D eigenvalue weighted by molar-refractivity contribution is 5.92. The quantitative estimate of drug-likeness (QED) is 0.683. The van der Waals surface area contributed by atoms with Crippen molar-refractivity contribution in [3.8, 4) is 0 Å². The van der Waals surface area contributed by atoms with E-state index in [-0.39, 0.29) is 18.1 Å². The van der Waals surface area contributed by atoms with Crippen molar-refractivity contribution in [2.75, 3.05) is 25.0 Å². The number of benzene rings is 1. The van der Waals surface area contributed by atoms with Crippen LogP contribution in [0.15, 0.2) is 30.3 Å². The first kappa shape index (κ1) is 15.2. The van der Waals surface area contributed by atoms with Crippen molar-refractivity contribution in [2.24, 2.45) is 0 Å². The Morgan fingerprint density at radius 1 is 1.38 bits per heavy atom. The van der Waals surface area contributed by atoms with E-state index in [1.165, 1.54) is 6.08 Å². The van der Waals surface area contributed by atoms with E-state index in [0.29, 0.717) is 5.69 Å². The van der Waals surface area contributed by atoms with Gasteiger partial charge in [-0.2, -0.15) is 0 Å². The molecule has 2 rings (SSSR count). The highest BCUT2D eigenvalue weighted by Crippen LogP contribution is 2.15. The number of carboxylic acids is 1. The summed E-state index contributed by atoms with van der Waals surface area (Å²) in [5, 5.41) is 14.4. The molecule has 1 heterocycles. The number of amides is 1. The summed E-state index contributed by atoms with van der Waals surface area (Å²) in [7, 11) is 0. The van der Waals surface area contributed by atoms with Crippen molar-refractivity contribution in [1.82, 2.24) is 5.32 Å².